The van der Waals surface area contributed by atoms with Gasteiger partial charge in [-0.15, -0.1) is 0 Å². The fourth-order valence-electron chi connectivity index (χ4n) is 3.00. The molecule has 2 aromatic carbocycles. The van der Waals surface area contributed by atoms with Crippen molar-refractivity contribution in [2.75, 3.05) is 44.5 Å². The van der Waals surface area contributed by atoms with Crippen LogP contribution in [0.3, 0.4) is 0 Å². The van der Waals surface area contributed by atoms with Gasteiger partial charge in [-0.25, -0.2) is 8.42 Å². The number of methoxy groups -OCH3 is 2. The van der Waals surface area contributed by atoms with Crippen LogP contribution in [-0.4, -0.2) is 54.5 Å². The maximum absolute atomic E-state index is 12.4. The van der Waals surface area contributed by atoms with Gasteiger partial charge >= 0.3 is 0 Å². The van der Waals surface area contributed by atoms with Gasteiger partial charge in [0.25, 0.3) is 0 Å². The van der Waals surface area contributed by atoms with Gasteiger partial charge in [0.05, 0.1) is 32.7 Å². The number of amides is 1. The van der Waals surface area contributed by atoms with Crippen LogP contribution in [0, 0.1) is 6.92 Å². The number of aryl methyl sites for hydroxylation is 1. The maximum atomic E-state index is 12.4. The molecule has 0 saturated heterocycles. The van der Waals surface area contributed by atoms with Crippen molar-refractivity contribution in [1.82, 2.24) is 5.32 Å². The molecule has 0 aliphatic carbocycles. The Balaban J connectivity index is 1.88. The average Bonchev–Trinajstić information content (AvgIpc) is 2.74. The molecule has 9 heteroatoms. The predicted octanol–water partition coefficient (Wildman–Crippen LogP) is 2.75. The summed E-state index contributed by atoms with van der Waals surface area (Å²) in [6.45, 7) is 2.81. The minimum absolute atomic E-state index is 0.134. The molecule has 0 heterocycles. The fraction of sp³-hybridized carbons (Fsp3) is 0.409. The number of nitrogens with one attached hydrogen (secondary N) is 1. The highest BCUT2D eigenvalue weighted by Gasteiger charge is 2.22. The van der Waals surface area contributed by atoms with Gasteiger partial charge in [0.2, 0.25) is 15.9 Å². The van der Waals surface area contributed by atoms with Gasteiger partial charge < -0.3 is 19.5 Å². The second-order valence-electron chi connectivity index (χ2n) is 6.94. The first kappa shape index (κ1) is 24.3. The minimum Gasteiger partial charge on any atom is -0.497 e. The van der Waals surface area contributed by atoms with E-state index in [0.717, 1.165) is 17.6 Å². The molecule has 0 saturated carbocycles. The number of hydrogen-bond donors (Lipinski definition) is 1. The first-order valence-corrected chi connectivity index (χ1v) is 11.8. The molecular weight excluding hydrogens is 420 g/mol. The Bertz CT molecular complexity index is 978. The Morgan fingerprint density at radius 2 is 1.81 bits per heavy atom. The molecular formula is C22H30N2O6S. The van der Waals surface area contributed by atoms with Crippen LogP contribution in [0.25, 0.3) is 0 Å². The topological polar surface area (TPSA) is 94.2 Å². The molecule has 2 rings (SSSR count). The van der Waals surface area contributed by atoms with Crippen LogP contribution in [0.2, 0.25) is 0 Å². The van der Waals surface area contributed by atoms with Gasteiger partial charge in [-0.2, -0.15) is 0 Å². The summed E-state index contributed by atoms with van der Waals surface area (Å²) in [5.74, 6) is 1.53. The fourth-order valence-corrected chi connectivity index (χ4v) is 3.96. The lowest BCUT2D eigenvalue weighted by atomic mass is 10.2. The van der Waals surface area contributed by atoms with Gasteiger partial charge in [-0.05, 0) is 37.1 Å². The second kappa shape index (κ2) is 11.5. The van der Waals surface area contributed by atoms with Gasteiger partial charge in [0.15, 0.2) is 0 Å². The summed E-state index contributed by atoms with van der Waals surface area (Å²) in [6, 6.07) is 12.6. The molecule has 31 heavy (non-hydrogen) atoms. The highest BCUT2D eigenvalue weighted by atomic mass is 32.2. The molecule has 2 aromatic rings. The number of rotatable bonds is 12. The van der Waals surface area contributed by atoms with Gasteiger partial charge in [-0.3, -0.25) is 9.10 Å². The second-order valence-corrected chi connectivity index (χ2v) is 8.85. The zero-order chi connectivity index (χ0) is 22.9. The highest BCUT2D eigenvalue weighted by molar-refractivity contribution is 7.92. The van der Waals surface area contributed by atoms with Crippen LogP contribution in [0.4, 0.5) is 5.69 Å². The lowest BCUT2D eigenvalue weighted by Crippen LogP contribution is -2.33. The molecule has 8 nitrogen and oxygen atoms in total. The zero-order valence-electron chi connectivity index (χ0n) is 18.4. The number of anilines is 1. The number of carbonyl (C=O) groups excluding carboxylic acids is 1. The van der Waals surface area contributed by atoms with E-state index in [1.54, 1.807) is 18.2 Å². The molecule has 0 atom stereocenters. The summed E-state index contributed by atoms with van der Waals surface area (Å²) in [7, 11) is -0.609. The first-order valence-electron chi connectivity index (χ1n) is 9.91. The van der Waals surface area contributed by atoms with E-state index in [0.29, 0.717) is 36.8 Å². The van der Waals surface area contributed by atoms with Crippen molar-refractivity contribution in [3.05, 3.63) is 48.0 Å². The lowest BCUT2D eigenvalue weighted by molar-refractivity contribution is -0.121. The smallest absolute Gasteiger partial charge is 0.232 e. The molecule has 170 valence electrons. The van der Waals surface area contributed by atoms with Crippen LogP contribution in [0.1, 0.15) is 18.4 Å². The molecule has 1 N–H and O–H groups in total. The number of benzene rings is 2. The van der Waals surface area contributed by atoms with Crippen LogP contribution in [-0.2, 0) is 14.8 Å². The monoisotopic (exact) mass is 450 g/mol. The Labute approximate surface area is 184 Å². The third-order valence-electron chi connectivity index (χ3n) is 4.60. The molecule has 0 radical (unpaired) electrons. The summed E-state index contributed by atoms with van der Waals surface area (Å²) >= 11 is 0. The summed E-state index contributed by atoms with van der Waals surface area (Å²) in [5, 5.41) is 2.79. The number of para-hydroxylation sites is 1. The number of sulfonamides is 1. The highest BCUT2D eigenvalue weighted by Crippen LogP contribution is 2.33. The number of ether oxygens (including phenoxy) is 3. The third kappa shape index (κ3) is 7.36. The molecule has 0 aliphatic rings. The van der Waals surface area contributed by atoms with E-state index in [4.69, 9.17) is 14.2 Å². The molecule has 0 bridgehead atoms. The van der Waals surface area contributed by atoms with Gasteiger partial charge in [0.1, 0.15) is 23.9 Å². The van der Waals surface area contributed by atoms with Gasteiger partial charge in [0, 0.05) is 19.0 Å². The summed E-state index contributed by atoms with van der Waals surface area (Å²) in [6.07, 6.45) is 1.65. The van der Waals surface area contributed by atoms with E-state index in [1.165, 1.54) is 18.5 Å². The van der Waals surface area contributed by atoms with E-state index in [1.807, 2.05) is 31.2 Å². The Hall–Kier alpha value is -2.94. The van der Waals surface area contributed by atoms with E-state index >= 15 is 0 Å². The van der Waals surface area contributed by atoms with Gasteiger partial charge in [-0.1, -0.05) is 18.2 Å². The van der Waals surface area contributed by atoms with Crippen molar-refractivity contribution in [3.8, 4) is 17.2 Å². The SMILES string of the molecule is COc1ccc(OC)c(N(CCCC(=O)NCCOc2ccccc2C)S(C)(=O)=O)c1. The number of hydrogen-bond acceptors (Lipinski definition) is 6. The molecule has 0 aromatic heterocycles. The molecule has 1 amide bonds. The van der Waals surface area contributed by atoms with E-state index in [2.05, 4.69) is 5.32 Å². The van der Waals surface area contributed by atoms with E-state index in [-0.39, 0.29) is 18.9 Å². The normalized spacial score (nSPS) is 11.0. The Morgan fingerprint density at radius 3 is 2.45 bits per heavy atom. The van der Waals surface area contributed by atoms with E-state index < -0.39 is 10.0 Å². The average molecular weight is 451 g/mol. The van der Waals surface area contributed by atoms with Crippen molar-refractivity contribution in [2.45, 2.75) is 19.8 Å². The van der Waals surface area contributed by atoms with Crippen LogP contribution in [0.5, 0.6) is 17.2 Å². The van der Waals surface area contributed by atoms with E-state index in [9.17, 15) is 13.2 Å². The van der Waals surface area contributed by atoms with Crippen LogP contribution >= 0.6 is 0 Å². The molecule has 0 spiro atoms. The zero-order valence-corrected chi connectivity index (χ0v) is 19.2. The summed E-state index contributed by atoms with van der Waals surface area (Å²) in [4.78, 5) is 12.1. The Kier molecular flexibility index (Phi) is 8.99. The lowest BCUT2D eigenvalue weighted by Gasteiger charge is -2.24. The number of carbonyl (C=O) groups is 1. The van der Waals surface area contributed by atoms with Crippen molar-refractivity contribution in [1.29, 1.82) is 0 Å². The van der Waals surface area contributed by atoms with Crippen molar-refractivity contribution >= 4 is 21.6 Å². The Morgan fingerprint density at radius 1 is 1.06 bits per heavy atom. The quantitative estimate of drug-likeness (QED) is 0.500. The standard InChI is InChI=1S/C22H30N2O6S/c1-17-8-5-6-9-20(17)30-15-13-23-22(25)10-7-14-24(31(4,26)27)19-16-18(28-2)11-12-21(19)29-3/h5-6,8-9,11-12,16H,7,10,13-15H2,1-4H3,(H,23,25). The van der Waals surface area contributed by atoms with Crippen LogP contribution < -0.4 is 23.8 Å². The summed E-state index contributed by atoms with van der Waals surface area (Å²) in [5.41, 5.74) is 1.40. The van der Waals surface area contributed by atoms with Crippen molar-refractivity contribution < 1.29 is 27.4 Å². The largest absolute Gasteiger partial charge is 0.497 e. The maximum Gasteiger partial charge on any atom is 0.232 e. The molecule has 0 fully saturated rings. The third-order valence-corrected chi connectivity index (χ3v) is 5.78. The summed E-state index contributed by atoms with van der Waals surface area (Å²) < 4.78 is 42.1. The minimum atomic E-state index is -3.58. The van der Waals surface area contributed by atoms with Crippen LogP contribution in [0.15, 0.2) is 42.5 Å². The number of nitrogens with zero attached hydrogens (tertiary/aromatic N) is 1. The molecule has 0 aliphatic heterocycles. The predicted molar refractivity (Wildman–Crippen MR) is 121 cm³/mol. The van der Waals surface area contributed by atoms with Crippen molar-refractivity contribution in [3.63, 3.8) is 0 Å². The molecule has 0 unspecified atom stereocenters. The van der Waals surface area contributed by atoms with Crippen molar-refractivity contribution in [2.24, 2.45) is 0 Å². The first-order chi connectivity index (χ1) is 14.8.